The van der Waals surface area contributed by atoms with Crippen LogP contribution in [-0.2, 0) is 9.59 Å². The quantitative estimate of drug-likeness (QED) is 0.886. The molecule has 1 fully saturated rings. The number of nitrogens with zero attached hydrogens (tertiary/aromatic N) is 1. The molecule has 0 radical (unpaired) electrons. The van der Waals surface area contributed by atoms with Crippen molar-refractivity contribution in [2.24, 2.45) is 0 Å². The average molecular weight is 354 g/mol. The summed E-state index contributed by atoms with van der Waals surface area (Å²) in [5.41, 5.74) is 0.837. The Morgan fingerprint density at radius 2 is 2.14 bits per heavy atom. The topological polar surface area (TPSA) is 66.8 Å². The zero-order chi connectivity index (χ0) is 15.0. The van der Waals surface area contributed by atoms with Crippen molar-refractivity contribution < 1.29 is 19.4 Å². The van der Waals surface area contributed by atoms with Crippen molar-refractivity contribution in [1.29, 1.82) is 0 Å². The van der Waals surface area contributed by atoms with Crippen LogP contribution in [0.15, 0.2) is 22.7 Å². The number of amides is 1. The number of fused-ring (bicyclic) bond motifs is 1. The Balaban J connectivity index is 1.86. The van der Waals surface area contributed by atoms with Gasteiger partial charge < -0.3 is 14.7 Å². The summed E-state index contributed by atoms with van der Waals surface area (Å²) in [6.45, 7) is 0.795. The fourth-order valence-electron chi connectivity index (χ4n) is 3.04. The van der Waals surface area contributed by atoms with Gasteiger partial charge in [0.1, 0.15) is 24.3 Å². The van der Waals surface area contributed by atoms with Gasteiger partial charge in [0.2, 0.25) is 5.91 Å². The van der Waals surface area contributed by atoms with Crippen LogP contribution >= 0.6 is 15.9 Å². The predicted molar refractivity (Wildman–Crippen MR) is 79.4 cm³/mol. The average Bonchev–Trinajstić information content (AvgIpc) is 2.89. The molecule has 0 spiro atoms. The molecule has 2 aliphatic heterocycles. The zero-order valence-corrected chi connectivity index (χ0v) is 13.0. The minimum absolute atomic E-state index is 0.140. The second kappa shape index (κ2) is 5.67. The number of carboxylic acids is 1. The number of piperidine rings is 1. The highest BCUT2D eigenvalue weighted by atomic mass is 79.9. The van der Waals surface area contributed by atoms with Gasteiger partial charge in [-0.1, -0.05) is 15.9 Å². The lowest BCUT2D eigenvalue weighted by molar-refractivity contribution is -0.152. The molecule has 0 aromatic heterocycles. The molecule has 2 unspecified atom stereocenters. The number of hydrogen-bond donors (Lipinski definition) is 1. The molecule has 0 aliphatic carbocycles. The largest absolute Gasteiger partial charge is 0.492 e. The maximum atomic E-state index is 12.8. The highest BCUT2D eigenvalue weighted by molar-refractivity contribution is 9.10. The van der Waals surface area contributed by atoms with E-state index in [0.29, 0.717) is 18.7 Å². The van der Waals surface area contributed by atoms with Gasteiger partial charge in [-0.3, -0.25) is 4.79 Å². The highest BCUT2D eigenvalue weighted by Crippen LogP contribution is 2.37. The zero-order valence-electron chi connectivity index (χ0n) is 11.4. The van der Waals surface area contributed by atoms with Crippen molar-refractivity contribution in [3.05, 3.63) is 28.2 Å². The van der Waals surface area contributed by atoms with E-state index in [9.17, 15) is 14.7 Å². The third-order valence-corrected chi connectivity index (χ3v) is 4.62. The summed E-state index contributed by atoms with van der Waals surface area (Å²) in [6, 6.07) is 4.87. The van der Waals surface area contributed by atoms with Gasteiger partial charge in [-0.15, -0.1) is 0 Å². The molecule has 1 aromatic rings. The van der Waals surface area contributed by atoms with Gasteiger partial charge in [0.25, 0.3) is 0 Å². The summed E-state index contributed by atoms with van der Waals surface area (Å²) in [6.07, 6.45) is 2.23. The van der Waals surface area contributed by atoms with E-state index in [1.807, 2.05) is 18.2 Å². The van der Waals surface area contributed by atoms with Crippen LogP contribution in [0.5, 0.6) is 5.75 Å². The van der Waals surface area contributed by atoms with Crippen molar-refractivity contribution in [3.63, 3.8) is 0 Å². The smallest absolute Gasteiger partial charge is 0.326 e. The standard InChI is InChI=1S/C15H16BrNO4/c16-9-4-5-13-10(7-9)11(8-21-13)14(18)17-6-2-1-3-12(17)15(19)20/h4-5,7,11-12H,1-3,6,8H2,(H,19,20). The molecule has 0 bridgehead atoms. The molecular formula is C15H16BrNO4. The number of benzene rings is 1. The van der Waals surface area contributed by atoms with Crippen molar-refractivity contribution in [3.8, 4) is 5.75 Å². The molecule has 112 valence electrons. The Labute approximate surface area is 131 Å². The maximum Gasteiger partial charge on any atom is 0.326 e. The van der Waals surface area contributed by atoms with E-state index < -0.39 is 17.9 Å². The van der Waals surface area contributed by atoms with E-state index in [1.165, 1.54) is 4.90 Å². The number of carbonyl (C=O) groups is 2. The predicted octanol–water partition coefficient (Wildman–Crippen LogP) is 2.39. The second-order valence-corrected chi connectivity index (χ2v) is 6.34. The fraction of sp³-hybridized carbons (Fsp3) is 0.467. The van der Waals surface area contributed by atoms with E-state index in [-0.39, 0.29) is 12.5 Å². The number of halogens is 1. The van der Waals surface area contributed by atoms with Gasteiger partial charge in [0.05, 0.1) is 0 Å². The molecule has 1 saturated heterocycles. The first-order chi connectivity index (χ1) is 10.1. The van der Waals surface area contributed by atoms with Crippen LogP contribution in [0.2, 0.25) is 0 Å². The van der Waals surface area contributed by atoms with Crippen molar-refractivity contribution in [1.82, 2.24) is 4.90 Å². The molecule has 2 heterocycles. The van der Waals surface area contributed by atoms with Gasteiger partial charge in [-0.25, -0.2) is 4.79 Å². The molecule has 2 atom stereocenters. The third kappa shape index (κ3) is 2.64. The van der Waals surface area contributed by atoms with Crippen LogP contribution in [0.1, 0.15) is 30.7 Å². The molecule has 2 aliphatic rings. The first kappa shape index (κ1) is 14.4. The van der Waals surface area contributed by atoms with Crippen LogP contribution in [0.4, 0.5) is 0 Å². The highest BCUT2D eigenvalue weighted by Gasteiger charge is 2.39. The molecule has 0 saturated carbocycles. The summed E-state index contributed by atoms with van der Waals surface area (Å²) in [7, 11) is 0. The van der Waals surface area contributed by atoms with Crippen LogP contribution in [0, 0.1) is 0 Å². The molecule has 3 rings (SSSR count). The Morgan fingerprint density at radius 1 is 1.33 bits per heavy atom. The third-order valence-electron chi connectivity index (χ3n) is 4.12. The number of carbonyl (C=O) groups excluding carboxylic acids is 1. The molecule has 21 heavy (non-hydrogen) atoms. The van der Waals surface area contributed by atoms with Crippen molar-refractivity contribution in [2.45, 2.75) is 31.2 Å². The number of ether oxygens (including phenoxy) is 1. The second-order valence-electron chi connectivity index (χ2n) is 5.43. The number of hydrogen-bond acceptors (Lipinski definition) is 3. The summed E-state index contributed by atoms with van der Waals surface area (Å²) < 4.78 is 6.45. The minimum Gasteiger partial charge on any atom is -0.492 e. The summed E-state index contributed by atoms with van der Waals surface area (Å²) in [5, 5.41) is 9.31. The Hall–Kier alpha value is -1.56. The van der Waals surface area contributed by atoms with Gasteiger partial charge in [0.15, 0.2) is 0 Å². The van der Waals surface area contributed by atoms with Crippen molar-refractivity contribution in [2.75, 3.05) is 13.2 Å². The lowest BCUT2D eigenvalue weighted by Gasteiger charge is -2.34. The number of aliphatic carboxylic acids is 1. The fourth-order valence-corrected chi connectivity index (χ4v) is 3.42. The van der Waals surface area contributed by atoms with E-state index in [1.54, 1.807) is 0 Å². The van der Waals surface area contributed by atoms with Crippen LogP contribution in [-0.4, -0.2) is 41.1 Å². The molecule has 1 amide bonds. The Bertz CT molecular complexity index is 589. The molecule has 5 nitrogen and oxygen atoms in total. The van der Waals surface area contributed by atoms with E-state index in [2.05, 4.69) is 15.9 Å². The van der Waals surface area contributed by atoms with Gasteiger partial charge in [-0.2, -0.15) is 0 Å². The number of carboxylic acid groups (broad SMARTS) is 1. The summed E-state index contributed by atoms with van der Waals surface area (Å²) in [5.74, 6) is -0.756. The minimum atomic E-state index is -0.920. The number of rotatable bonds is 2. The van der Waals surface area contributed by atoms with E-state index in [0.717, 1.165) is 22.9 Å². The Kier molecular flexibility index (Phi) is 3.89. The lowest BCUT2D eigenvalue weighted by atomic mass is 9.95. The van der Waals surface area contributed by atoms with Crippen LogP contribution in [0.3, 0.4) is 0 Å². The monoisotopic (exact) mass is 353 g/mol. The van der Waals surface area contributed by atoms with E-state index >= 15 is 0 Å². The van der Waals surface area contributed by atoms with Gasteiger partial charge >= 0.3 is 5.97 Å². The molecular weight excluding hydrogens is 338 g/mol. The van der Waals surface area contributed by atoms with Crippen LogP contribution < -0.4 is 4.74 Å². The summed E-state index contributed by atoms with van der Waals surface area (Å²) in [4.78, 5) is 25.6. The molecule has 1 N–H and O–H groups in total. The van der Waals surface area contributed by atoms with E-state index in [4.69, 9.17) is 4.74 Å². The van der Waals surface area contributed by atoms with Crippen LogP contribution in [0.25, 0.3) is 0 Å². The lowest BCUT2D eigenvalue weighted by Crippen LogP contribution is -2.49. The Morgan fingerprint density at radius 3 is 2.90 bits per heavy atom. The maximum absolute atomic E-state index is 12.8. The molecule has 1 aromatic carbocycles. The molecule has 6 heteroatoms. The SMILES string of the molecule is O=C(O)C1CCCCN1C(=O)C1COc2ccc(Br)cc21. The first-order valence-corrected chi connectivity index (χ1v) is 7.83. The first-order valence-electron chi connectivity index (χ1n) is 7.03. The van der Waals surface area contributed by atoms with Gasteiger partial charge in [-0.05, 0) is 37.5 Å². The number of likely N-dealkylation sites (tertiary alicyclic amines) is 1. The van der Waals surface area contributed by atoms with Crippen molar-refractivity contribution >= 4 is 27.8 Å². The normalized spacial score (nSPS) is 24.3. The van der Waals surface area contributed by atoms with Gasteiger partial charge in [0, 0.05) is 16.6 Å². The summed E-state index contributed by atoms with van der Waals surface area (Å²) >= 11 is 3.40.